The summed E-state index contributed by atoms with van der Waals surface area (Å²) in [4.78, 5) is 11.9. The molecule has 0 aliphatic carbocycles. The van der Waals surface area contributed by atoms with E-state index in [1.807, 2.05) is 78.9 Å². The van der Waals surface area contributed by atoms with Crippen molar-refractivity contribution in [3.05, 3.63) is 123 Å². The van der Waals surface area contributed by atoms with Gasteiger partial charge < -0.3 is 28.8 Å². The zero-order chi connectivity index (χ0) is 31.4. The topological polar surface area (TPSA) is 110 Å². The maximum atomic E-state index is 12.3. The summed E-state index contributed by atoms with van der Waals surface area (Å²) in [7, 11) is 4.72. The van der Waals surface area contributed by atoms with E-state index in [0.29, 0.717) is 35.2 Å². The molecule has 232 valence electrons. The zero-order valence-corrected chi connectivity index (χ0v) is 25.4. The van der Waals surface area contributed by atoms with Crippen LogP contribution in [0.15, 0.2) is 91.0 Å². The van der Waals surface area contributed by atoms with Gasteiger partial charge in [-0.15, -0.1) is 0 Å². The molecule has 0 aliphatic rings. The molecule has 0 radical (unpaired) electrons. The highest BCUT2D eigenvalue weighted by Crippen LogP contribution is 2.44. The molecular formula is C35H39NO8. The molecule has 9 heteroatoms. The second kappa shape index (κ2) is 15.7. The van der Waals surface area contributed by atoms with E-state index in [2.05, 4.69) is 0 Å². The van der Waals surface area contributed by atoms with Crippen LogP contribution in [0.5, 0.6) is 23.0 Å². The molecule has 0 saturated carbocycles. The van der Waals surface area contributed by atoms with E-state index in [9.17, 15) is 10.1 Å². The highest BCUT2D eigenvalue weighted by molar-refractivity contribution is 5.55. The third-order valence-electron chi connectivity index (χ3n) is 7.49. The monoisotopic (exact) mass is 601 g/mol. The Morgan fingerprint density at radius 1 is 0.705 bits per heavy atom. The molecule has 0 aromatic heterocycles. The molecule has 0 unspecified atom stereocenters. The van der Waals surface area contributed by atoms with Gasteiger partial charge in [-0.05, 0) is 66.3 Å². The maximum absolute atomic E-state index is 12.3. The van der Waals surface area contributed by atoms with Crippen molar-refractivity contribution in [2.24, 2.45) is 0 Å². The molecule has 4 aromatic rings. The van der Waals surface area contributed by atoms with Gasteiger partial charge in [-0.1, -0.05) is 61.0 Å². The van der Waals surface area contributed by atoms with Crippen molar-refractivity contribution in [1.29, 1.82) is 0 Å². The van der Waals surface area contributed by atoms with E-state index in [1.165, 1.54) is 13.2 Å². The predicted octanol–water partition coefficient (Wildman–Crippen LogP) is 7.06. The Balaban J connectivity index is 1.77. The van der Waals surface area contributed by atoms with Crippen molar-refractivity contribution in [2.75, 3.05) is 34.5 Å². The van der Waals surface area contributed by atoms with Crippen molar-refractivity contribution in [1.82, 2.24) is 0 Å². The average molecular weight is 602 g/mol. The number of benzene rings is 4. The number of aliphatic hydroxyl groups excluding tert-OH is 1. The summed E-state index contributed by atoms with van der Waals surface area (Å²) >= 11 is 0. The number of nitro groups is 1. The first-order chi connectivity index (χ1) is 21.5. The molecule has 0 fully saturated rings. The van der Waals surface area contributed by atoms with Crippen LogP contribution in [-0.2, 0) is 16.9 Å². The van der Waals surface area contributed by atoms with Crippen LogP contribution in [0.25, 0.3) is 0 Å². The van der Waals surface area contributed by atoms with Gasteiger partial charge in [0.25, 0.3) is 5.69 Å². The Bertz CT molecular complexity index is 1430. The van der Waals surface area contributed by atoms with Gasteiger partial charge in [0, 0.05) is 6.61 Å². The van der Waals surface area contributed by atoms with Crippen LogP contribution in [-0.4, -0.2) is 44.6 Å². The first kappa shape index (κ1) is 32.3. The number of unbranched alkanes of at least 4 members (excludes halogenated alkanes) is 3. The molecule has 0 saturated heterocycles. The number of hydrogen-bond donors (Lipinski definition) is 1. The van der Waals surface area contributed by atoms with Crippen LogP contribution >= 0.6 is 0 Å². The Kier molecular flexibility index (Phi) is 11.6. The number of nitro benzene ring substituents is 1. The lowest BCUT2D eigenvalue weighted by Crippen LogP contribution is -2.33. The van der Waals surface area contributed by atoms with Crippen LogP contribution < -0.4 is 18.9 Å². The first-order valence-corrected chi connectivity index (χ1v) is 14.5. The molecule has 4 aromatic carbocycles. The van der Waals surface area contributed by atoms with E-state index < -0.39 is 10.5 Å². The normalized spacial score (nSPS) is 11.2. The molecule has 4 rings (SSSR count). The van der Waals surface area contributed by atoms with Gasteiger partial charge in [0.05, 0.1) is 51.1 Å². The van der Waals surface area contributed by atoms with E-state index in [-0.39, 0.29) is 18.9 Å². The van der Waals surface area contributed by atoms with Gasteiger partial charge >= 0.3 is 0 Å². The molecule has 1 N–H and O–H groups in total. The Labute approximate surface area is 258 Å². The number of hydrogen-bond acceptors (Lipinski definition) is 8. The molecular weight excluding hydrogens is 562 g/mol. The number of rotatable bonds is 17. The molecule has 0 bridgehead atoms. The lowest BCUT2D eigenvalue weighted by atomic mass is 9.80. The lowest BCUT2D eigenvalue weighted by molar-refractivity contribution is -0.386. The first-order valence-electron chi connectivity index (χ1n) is 14.5. The van der Waals surface area contributed by atoms with Gasteiger partial charge in [0.15, 0.2) is 11.5 Å². The molecule has 0 aliphatic heterocycles. The highest BCUT2D eigenvalue weighted by Gasteiger charge is 2.38. The van der Waals surface area contributed by atoms with E-state index in [1.54, 1.807) is 20.3 Å². The van der Waals surface area contributed by atoms with Gasteiger partial charge in [0.1, 0.15) is 17.1 Å². The Hall–Kier alpha value is -4.60. The highest BCUT2D eigenvalue weighted by atomic mass is 16.6. The van der Waals surface area contributed by atoms with Crippen molar-refractivity contribution in [3.63, 3.8) is 0 Å². The fourth-order valence-electron chi connectivity index (χ4n) is 5.16. The van der Waals surface area contributed by atoms with Crippen molar-refractivity contribution in [2.45, 2.75) is 37.9 Å². The van der Waals surface area contributed by atoms with Crippen molar-refractivity contribution >= 4 is 5.69 Å². The third kappa shape index (κ3) is 7.48. The summed E-state index contributed by atoms with van der Waals surface area (Å²) in [5.41, 5.74) is 1.52. The molecule has 44 heavy (non-hydrogen) atoms. The second-order valence-corrected chi connectivity index (χ2v) is 10.2. The smallest absolute Gasteiger partial charge is 0.278 e. The van der Waals surface area contributed by atoms with Crippen molar-refractivity contribution in [3.8, 4) is 23.0 Å². The third-order valence-corrected chi connectivity index (χ3v) is 7.49. The van der Waals surface area contributed by atoms with Crippen LogP contribution in [0.2, 0.25) is 0 Å². The summed E-state index contributed by atoms with van der Waals surface area (Å²) in [6, 6.07) is 27.9. The van der Waals surface area contributed by atoms with Crippen molar-refractivity contribution < 1.29 is 33.7 Å². The van der Waals surface area contributed by atoms with E-state index in [0.717, 1.165) is 42.4 Å². The molecule has 0 amide bonds. The van der Waals surface area contributed by atoms with Gasteiger partial charge in [-0.3, -0.25) is 10.1 Å². The quantitative estimate of drug-likeness (QED) is 0.0593. The summed E-state index contributed by atoms with van der Waals surface area (Å²) in [6.45, 7) is 0.425. The summed E-state index contributed by atoms with van der Waals surface area (Å²) in [5.74, 6) is 2.05. The maximum Gasteiger partial charge on any atom is 0.278 e. The second-order valence-electron chi connectivity index (χ2n) is 10.2. The van der Waals surface area contributed by atoms with Gasteiger partial charge in [0.2, 0.25) is 0 Å². The minimum atomic E-state index is -1.15. The minimum Gasteiger partial charge on any atom is -0.497 e. The molecule has 0 spiro atoms. The number of ether oxygens (including phenoxy) is 5. The van der Waals surface area contributed by atoms with Gasteiger partial charge in [-0.2, -0.15) is 0 Å². The zero-order valence-electron chi connectivity index (χ0n) is 25.4. The van der Waals surface area contributed by atoms with E-state index >= 15 is 0 Å². The fourth-order valence-corrected chi connectivity index (χ4v) is 5.16. The number of nitrogens with zero attached hydrogens (tertiary/aromatic N) is 1. The van der Waals surface area contributed by atoms with Crippen LogP contribution in [0.4, 0.5) is 5.69 Å². The SMILES string of the molecule is COc1ccc(C(OCc2cc(OC)c(OCCCCCCO)cc2[N+](=O)[O-])(c2ccccc2)c2ccc(OC)cc2)cc1. The van der Waals surface area contributed by atoms with E-state index in [4.69, 9.17) is 28.8 Å². The summed E-state index contributed by atoms with van der Waals surface area (Å²) in [6.07, 6.45) is 3.26. The minimum absolute atomic E-state index is 0.110. The Morgan fingerprint density at radius 2 is 1.27 bits per heavy atom. The Morgan fingerprint density at radius 3 is 1.80 bits per heavy atom. The van der Waals surface area contributed by atoms with Gasteiger partial charge in [-0.25, -0.2) is 0 Å². The van der Waals surface area contributed by atoms with Crippen LogP contribution in [0, 0.1) is 10.1 Å². The number of methoxy groups -OCH3 is 3. The molecule has 0 heterocycles. The van der Waals surface area contributed by atoms with Crippen LogP contribution in [0.3, 0.4) is 0 Å². The fraction of sp³-hybridized carbons (Fsp3) is 0.314. The molecule has 0 atom stereocenters. The summed E-state index contributed by atoms with van der Waals surface area (Å²) < 4.78 is 29.2. The largest absolute Gasteiger partial charge is 0.497 e. The predicted molar refractivity (Wildman–Crippen MR) is 168 cm³/mol. The lowest BCUT2D eigenvalue weighted by Gasteiger charge is -2.36. The molecule has 9 nitrogen and oxygen atoms in total. The standard InChI is InChI=1S/C35H39NO8/c1-40-30-17-13-28(14-18-30)35(27-11-7-6-8-12-27,29-15-19-31(41-2)20-16-29)44-25-26-23-33(42-3)34(24-32(26)36(38)39)43-22-10-5-4-9-21-37/h6-8,11-20,23-24,37H,4-5,9-10,21-22,25H2,1-3H3. The van der Waals surface area contributed by atoms with Crippen LogP contribution in [0.1, 0.15) is 47.9 Å². The average Bonchev–Trinajstić information content (AvgIpc) is 3.07. The number of aliphatic hydroxyl groups is 1. The summed E-state index contributed by atoms with van der Waals surface area (Å²) in [5, 5.41) is 21.3.